The average Bonchev–Trinajstić information content (AvgIpc) is 2.77. The summed E-state index contributed by atoms with van der Waals surface area (Å²) in [6.45, 7) is 3.93. The van der Waals surface area contributed by atoms with Gasteiger partial charge < -0.3 is 10.4 Å². The molecule has 1 atom stereocenters. The predicted molar refractivity (Wildman–Crippen MR) is 67.0 cm³/mol. The van der Waals surface area contributed by atoms with Gasteiger partial charge >= 0.3 is 0 Å². The van der Waals surface area contributed by atoms with Gasteiger partial charge in [-0.15, -0.1) is 11.3 Å². The molecule has 3 nitrogen and oxygen atoms in total. The molecule has 0 bridgehead atoms. The van der Waals surface area contributed by atoms with Crippen molar-refractivity contribution in [3.63, 3.8) is 0 Å². The summed E-state index contributed by atoms with van der Waals surface area (Å²) in [4.78, 5) is 4.25. The van der Waals surface area contributed by atoms with E-state index in [4.69, 9.17) is 0 Å². The minimum Gasteiger partial charge on any atom is -0.508 e. The number of nitrogens with zero attached hydrogens (tertiary/aromatic N) is 1. The first-order valence-corrected chi connectivity index (χ1v) is 6.00. The quantitative estimate of drug-likeness (QED) is 0.856. The van der Waals surface area contributed by atoms with Gasteiger partial charge in [-0.25, -0.2) is 4.98 Å². The molecule has 1 heterocycles. The lowest BCUT2D eigenvalue weighted by Gasteiger charge is -2.13. The summed E-state index contributed by atoms with van der Waals surface area (Å²) in [6.07, 6.45) is 1.80. The molecule has 0 aliphatic rings. The lowest BCUT2D eigenvalue weighted by atomic mass is 10.2. The zero-order chi connectivity index (χ0) is 11.5. The monoisotopic (exact) mass is 234 g/mol. The van der Waals surface area contributed by atoms with Gasteiger partial charge in [0.2, 0.25) is 0 Å². The molecule has 2 aromatic rings. The van der Waals surface area contributed by atoms with Crippen LogP contribution in [0.25, 0.3) is 0 Å². The third-order valence-electron chi connectivity index (χ3n) is 2.41. The Bertz CT molecular complexity index is 468. The summed E-state index contributed by atoms with van der Waals surface area (Å²) in [7, 11) is 0. The maximum Gasteiger partial charge on any atom is 0.120 e. The predicted octanol–water partition coefficient (Wildman–Crippen LogP) is 3.33. The van der Waals surface area contributed by atoms with Crippen molar-refractivity contribution in [1.82, 2.24) is 4.98 Å². The van der Waals surface area contributed by atoms with E-state index in [9.17, 15) is 5.11 Å². The number of aromatic hydroxyl groups is 1. The largest absolute Gasteiger partial charge is 0.508 e. The first-order valence-electron chi connectivity index (χ1n) is 5.12. The van der Waals surface area contributed by atoms with Crippen LogP contribution in [0.5, 0.6) is 5.75 Å². The molecule has 0 fully saturated rings. The third kappa shape index (κ3) is 2.33. The molecule has 4 heteroatoms. The minimum atomic E-state index is 0.155. The van der Waals surface area contributed by atoms with Crippen molar-refractivity contribution in [3.05, 3.63) is 40.3 Å². The molecule has 0 aliphatic heterocycles. The van der Waals surface area contributed by atoms with Crippen molar-refractivity contribution in [2.45, 2.75) is 19.9 Å². The molecule has 0 saturated heterocycles. The number of nitrogens with one attached hydrogen (secondary N) is 1. The fourth-order valence-corrected chi connectivity index (χ4v) is 2.11. The van der Waals surface area contributed by atoms with Gasteiger partial charge in [-0.05, 0) is 25.5 Å². The Kier molecular flexibility index (Phi) is 3.10. The maximum atomic E-state index is 9.59. The van der Waals surface area contributed by atoms with Crippen molar-refractivity contribution in [3.8, 4) is 5.75 Å². The highest BCUT2D eigenvalue weighted by molar-refractivity contribution is 7.09. The highest BCUT2D eigenvalue weighted by atomic mass is 32.1. The third-order valence-corrected chi connectivity index (χ3v) is 3.37. The Morgan fingerprint density at radius 3 is 2.88 bits per heavy atom. The van der Waals surface area contributed by atoms with Crippen LogP contribution in [-0.2, 0) is 0 Å². The summed E-state index contributed by atoms with van der Waals surface area (Å²) < 4.78 is 0. The second kappa shape index (κ2) is 4.53. The summed E-state index contributed by atoms with van der Waals surface area (Å²) in [6, 6.07) is 5.74. The van der Waals surface area contributed by atoms with Gasteiger partial charge in [0, 0.05) is 23.3 Å². The van der Waals surface area contributed by atoms with Crippen molar-refractivity contribution in [2.75, 3.05) is 5.32 Å². The molecule has 0 aliphatic carbocycles. The molecule has 16 heavy (non-hydrogen) atoms. The van der Waals surface area contributed by atoms with Gasteiger partial charge in [0.25, 0.3) is 0 Å². The molecule has 2 rings (SSSR count). The Morgan fingerprint density at radius 2 is 2.25 bits per heavy atom. The number of phenols is 1. The van der Waals surface area contributed by atoms with Crippen LogP contribution in [0.15, 0.2) is 29.8 Å². The van der Waals surface area contributed by atoms with Crippen LogP contribution in [0.2, 0.25) is 0 Å². The van der Waals surface area contributed by atoms with E-state index in [2.05, 4.69) is 17.2 Å². The number of rotatable bonds is 3. The van der Waals surface area contributed by atoms with E-state index in [1.165, 1.54) is 0 Å². The molecule has 0 radical (unpaired) electrons. The highest BCUT2D eigenvalue weighted by Crippen LogP contribution is 2.25. The van der Waals surface area contributed by atoms with E-state index in [1.54, 1.807) is 23.6 Å². The normalized spacial score (nSPS) is 12.4. The van der Waals surface area contributed by atoms with Crippen LogP contribution in [0.4, 0.5) is 5.69 Å². The second-order valence-electron chi connectivity index (χ2n) is 3.74. The number of anilines is 1. The fourth-order valence-electron chi connectivity index (χ4n) is 1.46. The number of hydrogen-bond acceptors (Lipinski definition) is 4. The first-order chi connectivity index (χ1) is 7.66. The number of phenolic OH excluding ortho intramolecular Hbond substituents is 1. The van der Waals surface area contributed by atoms with Gasteiger partial charge in [-0.1, -0.05) is 6.07 Å². The van der Waals surface area contributed by atoms with Gasteiger partial charge in [-0.2, -0.15) is 0 Å². The molecule has 0 spiro atoms. The fraction of sp³-hybridized carbons (Fsp3) is 0.250. The standard InChI is InChI=1S/C12H14N2OS/c1-8-3-4-10(7-11(8)15)14-9(2)12-13-5-6-16-12/h3-7,9,14-15H,1-2H3. The number of aromatic nitrogens is 1. The van der Waals surface area contributed by atoms with Crippen LogP contribution in [0.3, 0.4) is 0 Å². The molecule has 2 N–H and O–H groups in total. The average molecular weight is 234 g/mol. The lowest BCUT2D eigenvalue weighted by Crippen LogP contribution is -2.05. The first kappa shape index (κ1) is 11.0. The van der Waals surface area contributed by atoms with Crippen LogP contribution < -0.4 is 5.32 Å². The van der Waals surface area contributed by atoms with Gasteiger partial charge in [0.1, 0.15) is 10.8 Å². The van der Waals surface area contributed by atoms with Crippen molar-refractivity contribution in [2.24, 2.45) is 0 Å². The minimum absolute atomic E-state index is 0.155. The van der Waals surface area contributed by atoms with E-state index in [1.807, 2.05) is 24.4 Å². The van der Waals surface area contributed by atoms with E-state index < -0.39 is 0 Å². The number of hydrogen-bond donors (Lipinski definition) is 2. The Hall–Kier alpha value is -1.55. The Morgan fingerprint density at radius 1 is 1.44 bits per heavy atom. The molecule has 0 amide bonds. The molecule has 84 valence electrons. The molecule has 1 unspecified atom stereocenters. The van der Waals surface area contributed by atoms with Crippen molar-refractivity contribution in [1.29, 1.82) is 0 Å². The summed E-state index contributed by atoms with van der Waals surface area (Å²) in [5.74, 6) is 0.316. The number of benzene rings is 1. The van der Waals surface area contributed by atoms with Crippen LogP contribution in [-0.4, -0.2) is 10.1 Å². The second-order valence-corrected chi connectivity index (χ2v) is 4.66. The smallest absolute Gasteiger partial charge is 0.120 e. The Balaban J connectivity index is 2.12. The number of thiazole rings is 1. The van der Waals surface area contributed by atoms with Gasteiger partial charge in [0.15, 0.2) is 0 Å². The van der Waals surface area contributed by atoms with Gasteiger partial charge in [0.05, 0.1) is 6.04 Å². The lowest BCUT2D eigenvalue weighted by molar-refractivity contribution is 0.471. The van der Waals surface area contributed by atoms with E-state index in [-0.39, 0.29) is 6.04 Å². The van der Waals surface area contributed by atoms with E-state index in [0.29, 0.717) is 5.75 Å². The van der Waals surface area contributed by atoms with Crippen LogP contribution >= 0.6 is 11.3 Å². The molecule has 1 aromatic carbocycles. The summed E-state index contributed by atoms with van der Waals surface area (Å²) in [5.41, 5.74) is 1.79. The zero-order valence-corrected chi connectivity index (χ0v) is 10.1. The topological polar surface area (TPSA) is 45.2 Å². The van der Waals surface area contributed by atoms with Crippen molar-refractivity contribution < 1.29 is 5.11 Å². The molecule has 1 aromatic heterocycles. The molecule has 0 saturated carbocycles. The Labute approximate surface area is 98.8 Å². The summed E-state index contributed by atoms with van der Waals surface area (Å²) in [5, 5.41) is 15.9. The van der Waals surface area contributed by atoms with Crippen LogP contribution in [0.1, 0.15) is 23.5 Å². The molecular weight excluding hydrogens is 220 g/mol. The molecular formula is C12H14N2OS. The van der Waals surface area contributed by atoms with Gasteiger partial charge in [-0.3, -0.25) is 0 Å². The number of aryl methyl sites for hydroxylation is 1. The van der Waals surface area contributed by atoms with E-state index >= 15 is 0 Å². The zero-order valence-electron chi connectivity index (χ0n) is 9.27. The van der Waals surface area contributed by atoms with E-state index in [0.717, 1.165) is 16.3 Å². The highest BCUT2D eigenvalue weighted by Gasteiger charge is 2.08. The summed E-state index contributed by atoms with van der Waals surface area (Å²) >= 11 is 1.62. The van der Waals surface area contributed by atoms with Crippen LogP contribution in [0, 0.1) is 6.92 Å². The van der Waals surface area contributed by atoms with Crippen molar-refractivity contribution >= 4 is 17.0 Å². The maximum absolute atomic E-state index is 9.59. The SMILES string of the molecule is Cc1ccc(NC(C)c2nccs2)cc1O.